The fourth-order valence-electron chi connectivity index (χ4n) is 5.52. The number of likely N-dealkylation sites (tertiary alicyclic amines) is 1. The summed E-state index contributed by atoms with van der Waals surface area (Å²) in [6, 6.07) is 9.34. The third-order valence-electron chi connectivity index (χ3n) is 7.78. The number of piperidine rings is 1. The van der Waals surface area contributed by atoms with Crippen molar-refractivity contribution in [2.75, 3.05) is 52.8 Å². The largest absolute Gasteiger partial charge is 0.493 e. The van der Waals surface area contributed by atoms with Gasteiger partial charge in [-0.15, -0.1) is 0 Å². The van der Waals surface area contributed by atoms with Crippen molar-refractivity contribution in [3.05, 3.63) is 35.9 Å². The van der Waals surface area contributed by atoms with Crippen molar-refractivity contribution in [3.63, 3.8) is 0 Å². The topological polar surface area (TPSA) is 98.2 Å². The molecule has 1 saturated heterocycles. The first-order valence-electron chi connectivity index (χ1n) is 14.5. The monoisotopic (exact) mass is 565 g/mol. The number of aryl methyl sites for hydroxylation is 1. The number of hydrogen-bond donors (Lipinski definition) is 1. The lowest BCUT2D eigenvalue weighted by molar-refractivity contribution is -0.136. The van der Waals surface area contributed by atoms with E-state index in [0.717, 1.165) is 48.9 Å². The van der Waals surface area contributed by atoms with Crippen LogP contribution in [0.2, 0.25) is 0 Å². The van der Waals surface area contributed by atoms with E-state index in [1.165, 1.54) is 0 Å². The standard InChI is InChI=1S/C31H43N5O5/c1-7-10-16-36-25-17-21(29(37)35-15-11-12-22(20-35)30(38)34(8-2)9-3)13-14-24(25)33-31(36)32-23-18-26(39-4)28(41-6)27(19-23)40-5/h13-14,17-19,22H,7-12,15-16,20H2,1-6H3,(H,32,33). The number of aromatic nitrogens is 2. The molecule has 1 unspecified atom stereocenters. The molecule has 10 heteroatoms. The molecule has 41 heavy (non-hydrogen) atoms. The zero-order valence-electron chi connectivity index (χ0n) is 25.2. The molecule has 2 aromatic carbocycles. The SMILES string of the molecule is CCCCn1c(Nc2cc(OC)c(OC)c(OC)c2)nc2ccc(C(=O)N3CCCC(C(=O)N(CC)CC)C3)cc21. The van der Waals surface area contributed by atoms with Crippen LogP contribution in [-0.2, 0) is 11.3 Å². The first-order valence-corrected chi connectivity index (χ1v) is 14.5. The maximum absolute atomic E-state index is 13.7. The third kappa shape index (κ3) is 6.36. The van der Waals surface area contributed by atoms with Gasteiger partial charge in [0.05, 0.1) is 38.3 Å². The lowest BCUT2D eigenvalue weighted by Gasteiger charge is -2.34. The highest BCUT2D eigenvalue weighted by atomic mass is 16.5. The molecule has 0 bridgehead atoms. The summed E-state index contributed by atoms with van der Waals surface area (Å²) in [7, 11) is 4.74. The Labute approximate surface area is 242 Å². The molecule has 1 N–H and O–H groups in total. The first kappa shape index (κ1) is 30.0. The average Bonchev–Trinajstić information content (AvgIpc) is 3.35. The van der Waals surface area contributed by atoms with Crippen molar-refractivity contribution in [1.82, 2.24) is 19.4 Å². The Bertz CT molecular complexity index is 1340. The van der Waals surface area contributed by atoms with Gasteiger partial charge in [0.25, 0.3) is 5.91 Å². The fraction of sp³-hybridized carbons (Fsp3) is 0.516. The molecule has 1 atom stereocenters. The van der Waals surface area contributed by atoms with Gasteiger partial charge in [-0.1, -0.05) is 13.3 Å². The molecule has 4 rings (SSSR count). The van der Waals surface area contributed by atoms with E-state index in [2.05, 4.69) is 16.8 Å². The summed E-state index contributed by atoms with van der Waals surface area (Å²) in [5.41, 5.74) is 3.01. The van der Waals surface area contributed by atoms with Crippen LogP contribution in [0.25, 0.3) is 11.0 Å². The molecule has 0 aliphatic carbocycles. The van der Waals surface area contributed by atoms with Gasteiger partial charge in [0, 0.05) is 56.1 Å². The Balaban J connectivity index is 1.64. The molecule has 0 radical (unpaired) electrons. The Kier molecular flexibility index (Phi) is 9.96. The molecule has 0 spiro atoms. The van der Waals surface area contributed by atoms with Crippen LogP contribution >= 0.6 is 0 Å². The van der Waals surface area contributed by atoms with E-state index in [4.69, 9.17) is 19.2 Å². The molecule has 1 aromatic heterocycles. The van der Waals surface area contributed by atoms with E-state index >= 15 is 0 Å². The highest BCUT2D eigenvalue weighted by molar-refractivity contribution is 5.98. The van der Waals surface area contributed by atoms with E-state index in [-0.39, 0.29) is 17.7 Å². The zero-order chi connectivity index (χ0) is 29.5. The summed E-state index contributed by atoms with van der Waals surface area (Å²) in [6.07, 6.45) is 3.60. The molecule has 3 aromatic rings. The van der Waals surface area contributed by atoms with Gasteiger partial charge < -0.3 is 33.9 Å². The Morgan fingerprint density at radius 3 is 2.34 bits per heavy atom. The summed E-state index contributed by atoms with van der Waals surface area (Å²) < 4.78 is 18.6. The van der Waals surface area contributed by atoms with Gasteiger partial charge in [0.15, 0.2) is 11.5 Å². The Morgan fingerprint density at radius 1 is 1.02 bits per heavy atom. The number of anilines is 2. The quantitative estimate of drug-likeness (QED) is 0.317. The highest BCUT2D eigenvalue weighted by Crippen LogP contribution is 2.41. The molecule has 10 nitrogen and oxygen atoms in total. The molecule has 1 aliphatic rings. The highest BCUT2D eigenvalue weighted by Gasteiger charge is 2.31. The molecule has 0 saturated carbocycles. The zero-order valence-corrected chi connectivity index (χ0v) is 25.2. The van der Waals surface area contributed by atoms with Crippen LogP contribution in [0.15, 0.2) is 30.3 Å². The van der Waals surface area contributed by atoms with Gasteiger partial charge >= 0.3 is 0 Å². The van der Waals surface area contributed by atoms with E-state index in [0.29, 0.717) is 54.9 Å². The third-order valence-corrected chi connectivity index (χ3v) is 7.78. The van der Waals surface area contributed by atoms with Gasteiger partial charge in [0.1, 0.15) is 0 Å². The van der Waals surface area contributed by atoms with Gasteiger partial charge in [-0.2, -0.15) is 0 Å². The number of amides is 2. The first-order chi connectivity index (χ1) is 19.9. The molecule has 1 fully saturated rings. The lowest BCUT2D eigenvalue weighted by Crippen LogP contribution is -2.46. The number of benzene rings is 2. The van der Waals surface area contributed by atoms with Gasteiger partial charge in [-0.25, -0.2) is 4.98 Å². The predicted molar refractivity (Wildman–Crippen MR) is 161 cm³/mol. The summed E-state index contributed by atoms with van der Waals surface area (Å²) in [5, 5.41) is 3.42. The van der Waals surface area contributed by atoms with Gasteiger partial charge in [-0.3, -0.25) is 9.59 Å². The number of unbranched alkanes of at least 4 members (excludes halogenated alkanes) is 1. The Morgan fingerprint density at radius 2 is 1.73 bits per heavy atom. The lowest BCUT2D eigenvalue weighted by atomic mass is 9.95. The summed E-state index contributed by atoms with van der Waals surface area (Å²) in [5.74, 6) is 2.20. The molecule has 2 amide bonds. The van der Waals surface area contributed by atoms with Crippen molar-refractivity contribution < 1.29 is 23.8 Å². The predicted octanol–water partition coefficient (Wildman–Crippen LogP) is 5.33. The number of carbonyl (C=O) groups excluding carboxylic acids is 2. The number of nitrogens with one attached hydrogen (secondary N) is 1. The summed E-state index contributed by atoms with van der Waals surface area (Å²) in [6.45, 7) is 9.35. The number of ether oxygens (including phenoxy) is 3. The number of carbonyl (C=O) groups is 2. The number of rotatable bonds is 12. The van der Waals surface area contributed by atoms with Crippen molar-refractivity contribution in [2.24, 2.45) is 5.92 Å². The maximum Gasteiger partial charge on any atom is 0.253 e. The number of nitrogens with zero attached hydrogens (tertiary/aromatic N) is 4. The average molecular weight is 566 g/mol. The van der Waals surface area contributed by atoms with Crippen LogP contribution in [-0.4, -0.2) is 78.7 Å². The van der Waals surface area contributed by atoms with Crippen LogP contribution < -0.4 is 19.5 Å². The van der Waals surface area contributed by atoms with Crippen LogP contribution in [0.3, 0.4) is 0 Å². The van der Waals surface area contributed by atoms with Crippen molar-refractivity contribution in [1.29, 1.82) is 0 Å². The molecular formula is C31H43N5O5. The number of methoxy groups -OCH3 is 3. The van der Waals surface area contributed by atoms with Crippen molar-refractivity contribution in [3.8, 4) is 17.2 Å². The number of hydrogen-bond acceptors (Lipinski definition) is 7. The minimum Gasteiger partial charge on any atom is -0.493 e. The van der Waals surface area contributed by atoms with Crippen LogP contribution in [0.1, 0.15) is 56.8 Å². The summed E-state index contributed by atoms with van der Waals surface area (Å²) >= 11 is 0. The van der Waals surface area contributed by atoms with E-state index in [9.17, 15) is 9.59 Å². The smallest absolute Gasteiger partial charge is 0.253 e. The second-order valence-electron chi connectivity index (χ2n) is 10.3. The van der Waals surface area contributed by atoms with Crippen LogP contribution in [0, 0.1) is 5.92 Å². The molecule has 1 aliphatic heterocycles. The summed E-state index contributed by atoms with van der Waals surface area (Å²) in [4.78, 5) is 35.2. The van der Waals surface area contributed by atoms with Gasteiger partial charge in [0.2, 0.25) is 17.6 Å². The number of imidazole rings is 1. The Hall–Kier alpha value is -3.95. The maximum atomic E-state index is 13.7. The van der Waals surface area contributed by atoms with E-state index in [1.807, 2.05) is 54.0 Å². The second kappa shape index (κ2) is 13.6. The molecule has 222 valence electrons. The molecule has 2 heterocycles. The van der Waals surface area contributed by atoms with Crippen LogP contribution in [0.4, 0.5) is 11.6 Å². The minimum atomic E-state index is -0.152. The van der Waals surface area contributed by atoms with E-state index < -0.39 is 0 Å². The number of fused-ring (bicyclic) bond motifs is 1. The van der Waals surface area contributed by atoms with Crippen molar-refractivity contribution >= 4 is 34.5 Å². The fourth-order valence-corrected chi connectivity index (χ4v) is 5.52. The second-order valence-corrected chi connectivity index (χ2v) is 10.3. The van der Waals surface area contributed by atoms with E-state index in [1.54, 1.807) is 21.3 Å². The minimum absolute atomic E-state index is 0.0497. The van der Waals surface area contributed by atoms with Crippen LogP contribution in [0.5, 0.6) is 17.2 Å². The molecular weight excluding hydrogens is 522 g/mol. The van der Waals surface area contributed by atoms with Gasteiger partial charge in [-0.05, 0) is 51.3 Å². The van der Waals surface area contributed by atoms with Crippen molar-refractivity contribution in [2.45, 2.75) is 53.0 Å². The normalized spacial score (nSPS) is 15.1.